The lowest BCUT2D eigenvalue weighted by Crippen LogP contribution is -2.11. The molecular weight excluding hydrogens is 789 g/mol. The van der Waals surface area contributed by atoms with Gasteiger partial charge in [0.25, 0.3) is 0 Å². The molecule has 11 aromatic carbocycles. The van der Waals surface area contributed by atoms with Gasteiger partial charge in [-0.25, -0.2) is 0 Å². The maximum absolute atomic E-state index is 6.66. The average Bonchev–Trinajstić information content (AvgIpc) is 3.93. The number of rotatable bonds is 7. The quantitative estimate of drug-likeness (QED) is 0.149. The van der Waals surface area contributed by atoms with Gasteiger partial charge < -0.3 is 13.9 Å². The highest BCUT2D eigenvalue weighted by molar-refractivity contribution is 6.13. The first kappa shape index (κ1) is 36.9. The van der Waals surface area contributed by atoms with Gasteiger partial charge in [0.1, 0.15) is 11.2 Å². The summed E-state index contributed by atoms with van der Waals surface area (Å²) >= 11 is 0. The summed E-state index contributed by atoms with van der Waals surface area (Å²) in [6.45, 7) is 0. The highest BCUT2D eigenvalue weighted by Gasteiger charge is 2.22. The third-order valence-electron chi connectivity index (χ3n) is 13.2. The fraction of sp³-hybridized carbons (Fsp3) is 0. The van der Waals surface area contributed by atoms with Crippen molar-refractivity contribution in [1.29, 1.82) is 0 Å². The van der Waals surface area contributed by atoms with Crippen molar-refractivity contribution in [2.75, 3.05) is 4.90 Å². The van der Waals surface area contributed by atoms with Crippen LogP contribution in [-0.2, 0) is 0 Å². The standard InChI is InChI=1S/C62H40N2O/c1-2-18-47-41(16-1)32-33-43-36-39-45(40-56(43)47)63(57-27-10-8-23-52(57)54-25-15-26-55-53-24-9-14-31-61(53)65-62(54)55)44-37-34-42(35-38-44)46-17-3-4-19-48(46)49-20-5-11-28-58(49)64-59-29-12-6-21-50(59)51-22-7-13-30-60(51)64/h1-40H. The Morgan fingerprint density at radius 3 is 1.65 bits per heavy atom. The fourth-order valence-corrected chi connectivity index (χ4v) is 10.3. The second-order valence-corrected chi connectivity index (χ2v) is 16.8. The zero-order valence-electron chi connectivity index (χ0n) is 35.4. The molecule has 0 saturated heterocycles. The Bertz CT molecular complexity index is 3910. The van der Waals surface area contributed by atoms with E-state index < -0.39 is 0 Å². The molecule has 0 radical (unpaired) electrons. The molecule has 0 spiro atoms. The summed E-state index contributed by atoms with van der Waals surface area (Å²) in [6.07, 6.45) is 0. The van der Waals surface area contributed by atoms with E-state index in [4.69, 9.17) is 4.42 Å². The molecule has 0 amide bonds. The van der Waals surface area contributed by atoms with E-state index in [0.29, 0.717) is 0 Å². The van der Waals surface area contributed by atoms with Crippen molar-refractivity contribution in [2.45, 2.75) is 0 Å². The van der Waals surface area contributed by atoms with Crippen LogP contribution < -0.4 is 4.90 Å². The minimum absolute atomic E-state index is 0.888. The molecular formula is C62H40N2O. The molecule has 0 fully saturated rings. The number of fused-ring (bicyclic) bond motifs is 9. The van der Waals surface area contributed by atoms with Crippen LogP contribution in [0, 0.1) is 0 Å². The van der Waals surface area contributed by atoms with E-state index in [1.807, 2.05) is 6.07 Å². The Hall–Kier alpha value is -8.66. The molecule has 3 nitrogen and oxygen atoms in total. The van der Waals surface area contributed by atoms with Crippen molar-refractivity contribution in [3.05, 3.63) is 243 Å². The molecule has 3 heteroatoms. The summed E-state index contributed by atoms with van der Waals surface area (Å²) in [4.78, 5) is 2.41. The highest BCUT2D eigenvalue weighted by atomic mass is 16.3. The molecule has 65 heavy (non-hydrogen) atoms. The molecule has 2 aromatic heterocycles. The normalized spacial score (nSPS) is 11.7. The number of hydrogen-bond acceptors (Lipinski definition) is 2. The monoisotopic (exact) mass is 828 g/mol. The van der Waals surface area contributed by atoms with Crippen LogP contribution in [0.4, 0.5) is 17.1 Å². The van der Waals surface area contributed by atoms with Crippen molar-refractivity contribution in [3.63, 3.8) is 0 Å². The van der Waals surface area contributed by atoms with E-state index >= 15 is 0 Å². The Labute approximate surface area is 376 Å². The number of para-hydroxylation sites is 6. The SMILES string of the molecule is c1ccc(-c2ccccc2-n2c3ccccc3c3ccccc32)c(-c2ccc(N(c3ccc4ccc5ccccc5c4c3)c3ccccc3-c3cccc4c3oc3ccccc34)cc2)c1. The van der Waals surface area contributed by atoms with E-state index in [1.165, 1.54) is 60.0 Å². The van der Waals surface area contributed by atoms with Gasteiger partial charge in [-0.3, -0.25) is 0 Å². The van der Waals surface area contributed by atoms with Crippen LogP contribution in [0.1, 0.15) is 0 Å². The number of aromatic nitrogens is 1. The number of furan rings is 1. The minimum atomic E-state index is 0.888. The van der Waals surface area contributed by atoms with Crippen molar-refractivity contribution in [3.8, 4) is 39.1 Å². The molecule has 2 heterocycles. The second-order valence-electron chi connectivity index (χ2n) is 16.8. The average molecular weight is 829 g/mol. The first-order valence-corrected chi connectivity index (χ1v) is 22.3. The van der Waals surface area contributed by atoms with Crippen molar-refractivity contribution in [2.24, 2.45) is 0 Å². The van der Waals surface area contributed by atoms with E-state index in [0.717, 1.165) is 61.4 Å². The molecule has 0 N–H and O–H groups in total. The van der Waals surface area contributed by atoms with E-state index in [-0.39, 0.29) is 0 Å². The first-order valence-electron chi connectivity index (χ1n) is 22.3. The van der Waals surface area contributed by atoms with Gasteiger partial charge in [-0.15, -0.1) is 0 Å². The number of anilines is 3. The number of hydrogen-bond donors (Lipinski definition) is 0. The fourth-order valence-electron chi connectivity index (χ4n) is 10.3. The summed E-state index contributed by atoms with van der Waals surface area (Å²) in [7, 11) is 0. The Balaban J connectivity index is 0.982. The van der Waals surface area contributed by atoms with E-state index in [9.17, 15) is 0 Å². The van der Waals surface area contributed by atoms with E-state index in [1.54, 1.807) is 0 Å². The molecule has 13 rings (SSSR count). The Morgan fingerprint density at radius 2 is 0.862 bits per heavy atom. The van der Waals surface area contributed by atoms with Crippen LogP contribution in [0.2, 0.25) is 0 Å². The summed E-state index contributed by atoms with van der Waals surface area (Å²) in [5.74, 6) is 0. The van der Waals surface area contributed by atoms with Gasteiger partial charge in [0.15, 0.2) is 0 Å². The lowest BCUT2D eigenvalue weighted by molar-refractivity contribution is 0.670. The van der Waals surface area contributed by atoms with Crippen LogP contribution in [0.25, 0.3) is 104 Å². The predicted molar refractivity (Wildman–Crippen MR) is 274 cm³/mol. The van der Waals surface area contributed by atoms with Gasteiger partial charge in [0.05, 0.1) is 22.4 Å². The predicted octanol–water partition coefficient (Wildman–Crippen LogP) is 17.5. The smallest absolute Gasteiger partial charge is 0.143 e. The summed E-state index contributed by atoms with van der Waals surface area (Å²) in [5.41, 5.74) is 15.3. The highest BCUT2D eigenvalue weighted by Crippen LogP contribution is 2.46. The summed E-state index contributed by atoms with van der Waals surface area (Å²) in [5, 5.41) is 9.62. The Kier molecular flexibility index (Phi) is 8.53. The molecule has 0 aliphatic rings. The zero-order valence-corrected chi connectivity index (χ0v) is 35.4. The largest absolute Gasteiger partial charge is 0.455 e. The molecule has 0 saturated carbocycles. The molecule has 0 aliphatic heterocycles. The van der Waals surface area contributed by atoms with Gasteiger partial charge in [0.2, 0.25) is 0 Å². The summed E-state index contributed by atoms with van der Waals surface area (Å²) < 4.78 is 9.08. The number of nitrogens with zero attached hydrogens (tertiary/aromatic N) is 2. The van der Waals surface area contributed by atoms with Crippen LogP contribution in [0.5, 0.6) is 0 Å². The van der Waals surface area contributed by atoms with Gasteiger partial charge >= 0.3 is 0 Å². The zero-order chi connectivity index (χ0) is 42.8. The van der Waals surface area contributed by atoms with Crippen LogP contribution >= 0.6 is 0 Å². The molecule has 304 valence electrons. The van der Waals surface area contributed by atoms with Crippen LogP contribution in [0.15, 0.2) is 247 Å². The van der Waals surface area contributed by atoms with Gasteiger partial charge in [0, 0.05) is 49.6 Å². The second kappa shape index (κ2) is 15.0. The van der Waals surface area contributed by atoms with Crippen molar-refractivity contribution < 1.29 is 4.42 Å². The van der Waals surface area contributed by atoms with Crippen LogP contribution in [0.3, 0.4) is 0 Å². The molecule has 0 unspecified atom stereocenters. The minimum Gasteiger partial charge on any atom is -0.455 e. The Morgan fingerprint density at radius 1 is 0.323 bits per heavy atom. The lowest BCUT2D eigenvalue weighted by Gasteiger charge is -2.28. The van der Waals surface area contributed by atoms with Crippen LogP contribution in [-0.4, -0.2) is 4.57 Å². The van der Waals surface area contributed by atoms with Gasteiger partial charge in [-0.1, -0.05) is 188 Å². The molecule has 0 bridgehead atoms. The topological polar surface area (TPSA) is 21.3 Å². The third kappa shape index (κ3) is 5.97. The number of benzene rings is 11. The third-order valence-corrected chi connectivity index (χ3v) is 13.2. The maximum atomic E-state index is 6.66. The van der Waals surface area contributed by atoms with Crippen molar-refractivity contribution >= 4 is 82.4 Å². The molecule has 0 atom stereocenters. The first-order chi connectivity index (χ1) is 32.3. The van der Waals surface area contributed by atoms with Crippen molar-refractivity contribution in [1.82, 2.24) is 4.57 Å². The molecule has 0 aliphatic carbocycles. The van der Waals surface area contributed by atoms with Gasteiger partial charge in [-0.2, -0.15) is 0 Å². The summed E-state index contributed by atoms with van der Waals surface area (Å²) in [6, 6.07) is 87.7. The van der Waals surface area contributed by atoms with Gasteiger partial charge in [-0.05, 0) is 92.8 Å². The lowest BCUT2D eigenvalue weighted by atomic mass is 9.93. The maximum Gasteiger partial charge on any atom is 0.143 e. The van der Waals surface area contributed by atoms with E-state index in [2.05, 4.69) is 246 Å². The molecule has 13 aromatic rings.